The number of hydrogen-bond acceptors (Lipinski definition) is 6. The van der Waals surface area contributed by atoms with Crippen molar-refractivity contribution in [3.8, 4) is 0 Å². The smallest absolute Gasteiger partial charge is 0.386 e. The lowest BCUT2D eigenvalue weighted by atomic mass is 9.93. The molecule has 0 saturated carbocycles. The Labute approximate surface area is 225 Å². The van der Waals surface area contributed by atoms with Crippen LogP contribution >= 0.6 is 12.4 Å². The van der Waals surface area contributed by atoms with E-state index >= 15 is 0 Å². The molecule has 0 amide bonds. The summed E-state index contributed by atoms with van der Waals surface area (Å²) in [6, 6.07) is 0. The van der Waals surface area contributed by atoms with Crippen molar-refractivity contribution in [3.63, 3.8) is 0 Å². The summed E-state index contributed by atoms with van der Waals surface area (Å²) < 4.78 is 3.57. The molecule has 3 aliphatic rings. The Morgan fingerprint density at radius 2 is 1.89 bits per heavy atom. The molecule has 1 atom stereocenters. The number of likely N-dealkylation sites (tertiary alicyclic amines) is 2. The number of piperidine rings is 2. The summed E-state index contributed by atoms with van der Waals surface area (Å²) in [5, 5.41) is 9.08. The lowest BCUT2D eigenvalue weighted by Gasteiger charge is -2.36. The van der Waals surface area contributed by atoms with Gasteiger partial charge in [0.05, 0.1) is 20.1 Å². The van der Waals surface area contributed by atoms with Gasteiger partial charge in [0.25, 0.3) is 11.3 Å². The van der Waals surface area contributed by atoms with E-state index in [2.05, 4.69) is 57.9 Å². The average molecular weight is 539 g/mol. The molecule has 0 spiro atoms. The Hall–Kier alpha value is -2.10. The van der Waals surface area contributed by atoms with Gasteiger partial charge in [0, 0.05) is 31.0 Å². The summed E-state index contributed by atoms with van der Waals surface area (Å²) in [5.41, 5.74) is 0.823. The number of H-pyrrole nitrogens is 1. The molecule has 0 aromatic carbocycles. The summed E-state index contributed by atoms with van der Waals surface area (Å²) >= 11 is 0. The van der Waals surface area contributed by atoms with E-state index in [0.717, 1.165) is 68.0 Å². The van der Waals surface area contributed by atoms with Crippen LogP contribution in [0.2, 0.25) is 0 Å². The van der Waals surface area contributed by atoms with Gasteiger partial charge >= 0.3 is 5.69 Å². The number of nitrogens with zero attached hydrogens (tertiary/aromatic N) is 7. The first-order valence-corrected chi connectivity index (χ1v) is 12.7. The van der Waals surface area contributed by atoms with Crippen molar-refractivity contribution in [1.82, 2.24) is 39.1 Å². The Bertz CT molecular complexity index is 1220. The molecule has 9 nitrogen and oxygen atoms in total. The number of aromatic nitrogens is 5. The number of aromatic amines is 1. The maximum atomic E-state index is 12.9. The highest BCUT2D eigenvalue weighted by molar-refractivity contribution is 5.85. The second kappa shape index (κ2) is 11.5. The van der Waals surface area contributed by atoms with E-state index in [9.17, 15) is 4.79 Å². The van der Waals surface area contributed by atoms with Crippen molar-refractivity contribution in [2.75, 3.05) is 32.7 Å². The van der Waals surface area contributed by atoms with Crippen LogP contribution in [0.4, 0.5) is 0 Å². The van der Waals surface area contributed by atoms with Crippen molar-refractivity contribution >= 4 is 18.5 Å². The molecule has 2 fully saturated rings. The fourth-order valence-electron chi connectivity index (χ4n) is 5.66. The fraction of sp³-hybridized carbons (Fsp3) is 0.680. The van der Waals surface area contributed by atoms with E-state index in [0.29, 0.717) is 18.4 Å². The molecule has 2 saturated heterocycles. The van der Waals surface area contributed by atoms with Crippen LogP contribution in [0.25, 0.3) is 6.08 Å². The summed E-state index contributed by atoms with van der Waals surface area (Å²) in [4.78, 5) is 26.1. The van der Waals surface area contributed by atoms with E-state index in [-0.39, 0.29) is 35.9 Å². The third kappa shape index (κ3) is 6.06. The minimum atomic E-state index is 0. The molecule has 0 aliphatic carbocycles. The second-order valence-corrected chi connectivity index (χ2v) is 11.4. The summed E-state index contributed by atoms with van der Waals surface area (Å²) in [6.45, 7) is 12.6. The molecule has 0 bridgehead atoms. The van der Waals surface area contributed by atoms with Crippen molar-refractivity contribution in [1.29, 1.82) is 0 Å². The number of hydrogen-bond donors (Lipinski definition) is 1. The Balaban J connectivity index is 0.00000180. The molecule has 1 N–H and O–H groups in total. The normalized spacial score (nSPS) is 20.9. The monoisotopic (exact) mass is 537 g/mol. The molecular formula is C25H39Cl2N8O. The van der Waals surface area contributed by atoms with Crippen LogP contribution in [-0.4, -0.2) is 66.8 Å². The SMILES string of the molecule is Cl.Cn1c2c(n(CC(C)(C)C)c1=O)=CC=C(N1CCCC(CN3CCC(c4nnc[nH]4)CC3)C1)[N+]=2.[Cl-]. The van der Waals surface area contributed by atoms with E-state index in [1.807, 2.05) is 11.6 Å². The third-order valence-corrected chi connectivity index (χ3v) is 7.37. The quantitative estimate of drug-likeness (QED) is 0.474. The lowest BCUT2D eigenvalue weighted by Crippen LogP contribution is -3.00. The van der Waals surface area contributed by atoms with E-state index in [1.165, 1.54) is 12.8 Å². The minimum Gasteiger partial charge on any atom is -1.00 e. The minimum absolute atomic E-state index is 0. The topological polar surface area (TPSA) is 89.1 Å². The highest BCUT2D eigenvalue weighted by atomic mass is 35.5. The average Bonchev–Trinajstić information content (AvgIpc) is 3.43. The van der Waals surface area contributed by atoms with Gasteiger partial charge in [0.1, 0.15) is 17.5 Å². The van der Waals surface area contributed by atoms with Crippen molar-refractivity contribution in [3.05, 3.63) is 45.4 Å². The van der Waals surface area contributed by atoms with E-state index in [1.54, 1.807) is 10.9 Å². The summed E-state index contributed by atoms with van der Waals surface area (Å²) in [6.07, 6.45) is 10.6. The zero-order valence-corrected chi connectivity index (χ0v) is 23.4. The van der Waals surface area contributed by atoms with Crippen molar-refractivity contribution < 1.29 is 12.4 Å². The van der Waals surface area contributed by atoms with Gasteiger partial charge in [-0.2, -0.15) is 0 Å². The van der Waals surface area contributed by atoms with Gasteiger partial charge in [0.2, 0.25) is 0 Å². The predicted molar refractivity (Wildman–Crippen MR) is 139 cm³/mol. The highest BCUT2D eigenvalue weighted by Gasteiger charge is 2.31. The van der Waals surface area contributed by atoms with E-state index in [4.69, 9.17) is 4.99 Å². The largest absolute Gasteiger partial charge is 1.00 e. The van der Waals surface area contributed by atoms with E-state index < -0.39 is 0 Å². The number of fused-ring (bicyclic) bond motifs is 1. The Kier molecular flexibility index (Phi) is 9.11. The molecule has 2 aromatic rings. The number of imidazole rings is 1. The number of allylic oxidation sites excluding steroid dienone is 1. The lowest BCUT2D eigenvalue weighted by molar-refractivity contribution is -0.00000835. The first-order chi connectivity index (χ1) is 16.3. The van der Waals surface area contributed by atoms with Crippen LogP contribution in [0.1, 0.15) is 58.2 Å². The molecule has 11 heteroatoms. The number of nitrogens with one attached hydrogen (secondary N) is 1. The van der Waals surface area contributed by atoms with Gasteiger partial charge in [-0.1, -0.05) is 25.8 Å². The molecule has 3 aliphatic heterocycles. The first-order valence-electron chi connectivity index (χ1n) is 12.7. The molecule has 1 unspecified atom stereocenters. The first kappa shape index (κ1) is 28.5. The van der Waals surface area contributed by atoms with Crippen LogP contribution in [0.5, 0.6) is 0 Å². The molecular weight excluding hydrogens is 499 g/mol. The van der Waals surface area contributed by atoms with Gasteiger partial charge < -0.3 is 22.3 Å². The maximum Gasteiger partial charge on any atom is 0.386 e. The highest BCUT2D eigenvalue weighted by Crippen LogP contribution is 2.27. The third-order valence-electron chi connectivity index (χ3n) is 7.37. The fourth-order valence-corrected chi connectivity index (χ4v) is 5.66. The molecule has 2 aromatic heterocycles. The molecule has 1 radical (unpaired) electrons. The summed E-state index contributed by atoms with van der Waals surface area (Å²) in [5.74, 6) is 3.18. The van der Waals surface area contributed by atoms with Crippen molar-refractivity contribution in [2.24, 2.45) is 18.4 Å². The maximum absolute atomic E-state index is 12.9. The molecule has 36 heavy (non-hydrogen) atoms. The predicted octanol–water partition coefficient (Wildman–Crippen LogP) is -2.04. The second-order valence-electron chi connectivity index (χ2n) is 11.4. The molecule has 199 valence electrons. The van der Waals surface area contributed by atoms with Crippen LogP contribution in [0.3, 0.4) is 0 Å². The standard InChI is InChI=1S/C25H38N8O.2ClH/c1-25(2,3)16-33-20-7-8-21(28-23(20)30(4)24(33)34)32-11-5-6-18(15-32)14-31-12-9-19(10-13-31)22-26-17-27-29-22;;/h7-8,17-19H,5-6,9-16H2,1-4H3,(H,26,27,29);2*1H/q+1;;/p-1. The van der Waals surface area contributed by atoms with Crippen LogP contribution < -0.4 is 33.9 Å². The van der Waals surface area contributed by atoms with Crippen LogP contribution in [-0.2, 0) is 13.6 Å². The van der Waals surface area contributed by atoms with Crippen LogP contribution in [0, 0.1) is 11.3 Å². The Morgan fingerprint density at radius 1 is 1.14 bits per heavy atom. The summed E-state index contributed by atoms with van der Waals surface area (Å²) in [7, 11) is 1.84. The zero-order valence-electron chi connectivity index (χ0n) is 21.8. The van der Waals surface area contributed by atoms with Crippen LogP contribution in [0.15, 0.2) is 23.0 Å². The zero-order chi connectivity index (χ0) is 23.9. The van der Waals surface area contributed by atoms with Gasteiger partial charge in [-0.3, -0.25) is 9.47 Å². The van der Waals surface area contributed by atoms with Gasteiger partial charge in [-0.15, -0.1) is 22.6 Å². The molecule has 5 heterocycles. The van der Waals surface area contributed by atoms with Gasteiger partial charge in [-0.25, -0.2) is 9.36 Å². The molecule has 5 rings (SSSR count). The van der Waals surface area contributed by atoms with Gasteiger partial charge in [0.15, 0.2) is 0 Å². The van der Waals surface area contributed by atoms with Crippen molar-refractivity contribution in [2.45, 2.75) is 58.9 Å². The number of rotatable bonds is 5. The Morgan fingerprint density at radius 3 is 2.56 bits per heavy atom. The van der Waals surface area contributed by atoms with Gasteiger partial charge in [-0.05, 0) is 50.3 Å². The number of halogens is 2.